The third-order valence-electron chi connectivity index (χ3n) is 5.73. The molecule has 3 heterocycles. The molecule has 0 spiro atoms. The van der Waals surface area contributed by atoms with Gasteiger partial charge in [0, 0.05) is 28.6 Å². The Labute approximate surface area is 213 Å². The highest BCUT2D eigenvalue weighted by Crippen LogP contribution is 2.34. The number of halogens is 2. The van der Waals surface area contributed by atoms with Crippen molar-refractivity contribution in [2.45, 2.75) is 13.3 Å². The number of fused-ring (bicyclic) bond motifs is 2. The van der Waals surface area contributed by atoms with Crippen molar-refractivity contribution in [3.8, 4) is 11.1 Å². The predicted molar refractivity (Wildman–Crippen MR) is 140 cm³/mol. The number of pyridine rings is 1. The number of benzene rings is 2. The number of anilines is 1. The average Bonchev–Trinajstić information content (AvgIpc) is 3.25. The summed E-state index contributed by atoms with van der Waals surface area (Å²) in [5.74, 6) is -0.839. The van der Waals surface area contributed by atoms with E-state index < -0.39 is 11.5 Å². The molecule has 2 N–H and O–H groups in total. The van der Waals surface area contributed by atoms with E-state index in [9.17, 15) is 14.0 Å². The summed E-state index contributed by atoms with van der Waals surface area (Å²) in [5.41, 5.74) is 2.99. The summed E-state index contributed by atoms with van der Waals surface area (Å²) in [6.07, 6.45) is 2.85. The summed E-state index contributed by atoms with van der Waals surface area (Å²) in [6.45, 7) is 1.75. The lowest BCUT2D eigenvalue weighted by atomic mass is 9.99. The lowest BCUT2D eigenvalue weighted by Gasteiger charge is -2.11. The Morgan fingerprint density at radius 3 is 2.67 bits per heavy atom. The molecule has 10 heteroatoms. The van der Waals surface area contributed by atoms with Crippen LogP contribution in [0.25, 0.3) is 33.1 Å². The SMILES string of the molecule is Cc1c(CC(=O)NC(=S)Nc2cccnc2Cl)c(=O)oc2cc3occ(-c4ccc(F)cc4)c3cc12. The van der Waals surface area contributed by atoms with Gasteiger partial charge in [0.15, 0.2) is 10.3 Å². The normalized spacial score (nSPS) is 11.1. The van der Waals surface area contributed by atoms with Gasteiger partial charge in [0.05, 0.1) is 23.9 Å². The highest BCUT2D eigenvalue weighted by molar-refractivity contribution is 7.80. The maximum Gasteiger partial charge on any atom is 0.340 e. The van der Waals surface area contributed by atoms with Gasteiger partial charge in [-0.2, -0.15) is 0 Å². The van der Waals surface area contributed by atoms with Gasteiger partial charge in [0.25, 0.3) is 0 Å². The van der Waals surface area contributed by atoms with Gasteiger partial charge in [0.1, 0.15) is 17.0 Å². The second-order valence-electron chi connectivity index (χ2n) is 8.01. The van der Waals surface area contributed by atoms with Crippen molar-refractivity contribution in [3.05, 3.63) is 93.5 Å². The number of amides is 1. The van der Waals surface area contributed by atoms with Gasteiger partial charge in [-0.05, 0) is 60.6 Å². The molecular formula is C26H17ClFN3O4S. The van der Waals surface area contributed by atoms with Crippen LogP contribution in [0.15, 0.2) is 74.6 Å². The summed E-state index contributed by atoms with van der Waals surface area (Å²) in [4.78, 5) is 29.3. The Morgan fingerprint density at radius 1 is 1.14 bits per heavy atom. The highest BCUT2D eigenvalue weighted by atomic mass is 35.5. The summed E-state index contributed by atoms with van der Waals surface area (Å²) < 4.78 is 24.5. The third kappa shape index (κ3) is 4.58. The Morgan fingerprint density at radius 2 is 1.92 bits per heavy atom. The molecular weight excluding hydrogens is 505 g/mol. The van der Waals surface area contributed by atoms with E-state index in [2.05, 4.69) is 15.6 Å². The fourth-order valence-electron chi connectivity index (χ4n) is 3.93. The summed E-state index contributed by atoms with van der Waals surface area (Å²) >= 11 is 11.2. The standard InChI is InChI=1S/C26H17ClFN3O4S/c1-13-16-9-18-19(14-4-6-15(28)7-5-14)12-34-21(18)11-22(16)35-25(33)17(13)10-23(32)31-26(36)30-20-3-2-8-29-24(20)27/h2-9,11-12H,10H2,1H3,(H2,30,31,32,36). The number of furan rings is 1. The van der Waals surface area contributed by atoms with Gasteiger partial charge in [0.2, 0.25) is 5.91 Å². The van der Waals surface area contributed by atoms with Crippen molar-refractivity contribution >= 4 is 62.5 Å². The zero-order valence-electron chi connectivity index (χ0n) is 18.7. The molecule has 1 amide bonds. The molecule has 0 saturated carbocycles. The maximum atomic E-state index is 13.4. The largest absolute Gasteiger partial charge is 0.464 e. The molecule has 0 bridgehead atoms. The van der Waals surface area contributed by atoms with Crippen molar-refractivity contribution in [1.82, 2.24) is 10.3 Å². The van der Waals surface area contributed by atoms with E-state index in [1.807, 2.05) is 6.07 Å². The monoisotopic (exact) mass is 521 g/mol. The zero-order valence-corrected chi connectivity index (χ0v) is 20.3. The minimum atomic E-state index is -0.631. The maximum absolute atomic E-state index is 13.4. The van der Waals surface area contributed by atoms with E-state index >= 15 is 0 Å². The second-order valence-corrected chi connectivity index (χ2v) is 8.78. The van der Waals surface area contributed by atoms with E-state index in [0.29, 0.717) is 27.8 Å². The number of aromatic nitrogens is 1. The molecule has 0 aliphatic heterocycles. The van der Waals surface area contributed by atoms with Crippen LogP contribution in [0.1, 0.15) is 11.1 Å². The molecule has 180 valence electrons. The lowest BCUT2D eigenvalue weighted by molar-refractivity contribution is -0.119. The topological polar surface area (TPSA) is 97.4 Å². The minimum absolute atomic E-state index is 0.0155. The van der Waals surface area contributed by atoms with Crippen LogP contribution in [0, 0.1) is 12.7 Å². The molecule has 3 aromatic heterocycles. The number of carbonyl (C=O) groups excluding carboxylic acids is 1. The smallest absolute Gasteiger partial charge is 0.340 e. The van der Waals surface area contributed by atoms with Crippen molar-refractivity contribution in [2.75, 3.05) is 5.32 Å². The van der Waals surface area contributed by atoms with E-state index in [0.717, 1.165) is 16.5 Å². The summed E-state index contributed by atoms with van der Waals surface area (Å²) in [7, 11) is 0. The number of hydrogen-bond acceptors (Lipinski definition) is 6. The number of nitrogens with zero attached hydrogens (tertiary/aromatic N) is 1. The van der Waals surface area contributed by atoms with Crippen LogP contribution in [-0.2, 0) is 11.2 Å². The molecule has 36 heavy (non-hydrogen) atoms. The van der Waals surface area contributed by atoms with Gasteiger partial charge >= 0.3 is 5.63 Å². The Hall–Kier alpha value is -4.08. The van der Waals surface area contributed by atoms with E-state index in [-0.39, 0.29) is 28.1 Å². The van der Waals surface area contributed by atoms with Crippen LogP contribution in [0.4, 0.5) is 10.1 Å². The van der Waals surface area contributed by atoms with Crippen molar-refractivity contribution in [3.63, 3.8) is 0 Å². The molecule has 0 aliphatic carbocycles. The number of carbonyl (C=O) groups is 1. The van der Waals surface area contributed by atoms with Gasteiger partial charge in [-0.1, -0.05) is 23.7 Å². The molecule has 0 radical (unpaired) electrons. The number of thiocarbonyl (C=S) groups is 1. The van der Waals surface area contributed by atoms with Gasteiger partial charge in [-0.25, -0.2) is 14.2 Å². The van der Waals surface area contributed by atoms with E-state index in [4.69, 9.17) is 32.7 Å². The predicted octanol–water partition coefficient (Wildman–Crippen LogP) is 5.76. The number of rotatable bonds is 4. The van der Waals surface area contributed by atoms with Crippen LogP contribution in [0.2, 0.25) is 5.15 Å². The van der Waals surface area contributed by atoms with Gasteiger partial charge in [-0.15, -0.1) is 0 Å². The van der Waals surface area contributed by atoms with Crippen LogP contribution in [0.3, 0.4) is 0 Å². The molecule has 0 saturated heterocycles. The van der Waals surface area contributed by atoms with E-state index in [1.165, 1.54) is 18.3 Å². The van der Waals surface area contributed by atoms with Gasteiger partial charge < -0.3 is 19.5 Å². The van der Waals surface area contributed by atoms with Crippen molar-refractivity contribution in [2.24, 2.45) is 0 Å². The van der Waals surface area contributed by atoms with Crippen molar-refractivity contribution in [1.29, 1.82) is 0 Å². The highest BCUT2D eigenvalue weighted by Gasteiger charge is 2.18. The fraction of sp³-hybridized carbons (Fsp3) is 0.0769. The first-order chi connectivity index (χ1) is 17.3. The second kappa shape index (κ2) is 9.52. The fourth-order valence-corrected chi connectivity index (χ4v) is 4.32. The third-order valence-corrected chi connectivity index (χ3v) is 6.24. The quantitative estimate of drug-likeness (QED) is 0.176. The number of nitrogens with one attached hydrogen (secondary N) is 2. The molecule has 0 atom stereocenters. The van der Waals surface area contributed by atoms with Crippen LogP contribution >= 0.6 is 23.8 Å². The van der Waals surface area contributed by atoms with Crippen LogP contribution in [0.5, 0.6) is 0 Å². The zero-order chi connectivity index (χ0) is 25.4. The first-order valence-electron chi connectivity index (χ1n) is 10.7. The molecule has 0 fully saturated rings. The van der Waals surface area contributed by atoms with Crippen molar-refractivity contribution < 1.29 is 18.0 Å². The first-order valence-corrected chi connectivity index (χ1v) is 11.5. The lowest BCUT2D eigenvalue weighted by Crippen LogP contribution is -2.36. The minimum Gasteiger partial charge on any atom is -0.464 e. The number of aryl methyl sites for hydroxylation is 1. The molecule has 7 nitrogen and oxygen atoms in total. The first kappa shape index (κ1) is 23.7. The average molecular weight is 522 g/mol. The van der Waals surface area contributed by atoms with Crippen LogP contribution in [-0.4, -0.2) is 16.0 Å². The van der Waals surface area contributed by atoms with E-state index in [1.54, 1.807) is 43.5 Å². The van der Waals surface area contributed by atoms with Crippen LogP contribution < -0.4 is 16.3 Å². The Balaban J connectivity index is 1.44. The van der Waals surface area contributed by atoms with Gasteiger partial charge in [-0.3, -0.25) is 4.79 Å². The molecule has 0 unspecified atom stereocenters. The Kier molecular flexibility index (Phi) is 6.26. The molecule has 0 aliphatic rings. The molecule has 5 aromatic rings. The summed E-state index contributed by atoms with van der Waals surface area (Å²) in [6, 6.07) is 12.9. The number of hydrogen-bond donors (Lipinski definition) is 2. The summed E-state index contributed by atoms with van der Waals surface area (Å²) in [5, 5.41) is 6.96. The Bertz CT molecular complexity index is 1710. The molecule has 5 rings (SSSR count). The molecule has 2 aromatic carbocycles.